The smallest absolute Gasteiger partial charge is 0.416 e. The molecule has 1 aromatic heterocycles. The molecule has 0 N–H and O–H groups in total. The number of hydrogen-bond donors (Lipinski definition) is 0. The van der Waals surface area contributed by atoms with E-state index in [0.717, 1.165) is 12.1 Å². The maximum Gasteiger partial charge on any atom is 0.416 e. The first-order valence-corrected chi connectivity index (χ1v) is 9.71. The molecule has 1 saturated heterocycles. The van der Waals surface area contributed by atoms with E-state index in [1.807, 2.05) is 4.90 Å². The first-order chi connectivity index (χ1) is 14.7. The van der Waals surface area contributed by atoms with Crippen molar-refractivity contribution in [1.29, 1.82) is 0 Å². The number of methoxy groups -OCH3 is 1. The van der Waals surface area contributed by atoms with Gasteiger partial charge in [0.1, 0.15) is 17.1 Å². The van der Waals surface area contributed by atoms with Crippen LogP contribution in [0.2, 0.25) is 0 Å². The Labute approximate surface area is 177 Å². The largest absolute Gasteiger partial charge is 0.465 e. The third-order valence-electron chi connectivity index (χ3n) is 5.08. The van der Waals surface area contributed by atoms with Crippen LogP contribution in [0.15, 0.2) is 40.8 Å². The molecule has 6 nitrogen and oxygen atoms in total. The highest BCUT2D eigenvalue weighted by Gasteiger charge is 2.30. The van der Waals surface area contributed by atoms with E-state index in [1.54, 1.807) is 17.9 Å². The van der Waals surface area contributed by atoms with Crippen LogP contribution in [0, 0.1) is 6.92 Å². The molecule has 0 bridgehead atoms. The van der Waals surface area contributed by atoms with Crippen molar-refractivity contribution in [1.82, 2.24) is 9.80 Å². The summed E-state index contributed by atoms with van der Waals surface area (Å²) in [6.07, 6.45) is -1.49. The van der Waals surface area contributed by atoms with Crippen molar-refractivity contribution >= 4 is 18.0 Å². The Morgan fingerprint density at radius 3 is 2.52 bits per heavy atom. The number of nitrogens with zero attached hydrogens (tertiary/aromatic N) is 2. The van der Waals surface area contributed by atoms with E-state index < -0.39 is 17.7 Å². The van der Waals surface area contributed by atoms with Gasteiger partial charge in [0.25, 0.3) is 0 Å². The van der Waals surface area contributed by atoms with Crippen LogP contribution >= 0.6 is 0 Å². The lowest BCUT2D eigenvalue weighted by Crippen LogP contribution is -2.47. The van der Waals surface area contributed by atoms with Crippen molar-refractivity contribution in [3.8, 4) is 0 Å². The average Bonchev–Trinajstić information content (AvgIpc) is 3.12. The van der Waals surface area contributed by atoms with Crippen LogP contribution in [-0.4, -0.2) is 55.0 Å². The topological polar surface area (TPSA) is 63.0 Å². The zero-order chi connectivity index (χ0) is 22.6. The number of piperazine rings is 1. The third kappa shape index (κ3) is 5.75. The summed E-state index contributed by atoms with van der Waals surface area (Å²) in [5.41, 5.74) is 0.231. The lowest BCUT2D eigenvalue weighted by Gasteiger charge is -2.34. The van der Waals surface area contributed by atoms with Crippen molar-refractivity contribution in [3.05, 3.63) is 64.6 Å². The number of rotatable bonds is 5. The molecule has 166 valence electrons. The van der Waals surface area contributed by atoms with Gasteiger partial charge in [-0.25, -0.2) is 4.79 Å². The van der Waals surface area contributed by atoms with Gasteiger partial charge in [-0.2, -0.15) is 13.2 Å². The molecule has 2 heterocycles. The van der Waals surface area contributed by atoms with Gasteiger partial charge in [-0.05, 0) is 30.7 Å². The number of carbonyl (C=O) groups is 2. The summed E-state index contributed by atoms with van der Waals surface area (Å²) in [6.45, 7) is 4.07. The molecule has 1 fully saturated rings. The predicted octanol–water partition coefficient (Wildman–Crippen LogP) is 3.75. The molecular weight excluding hydrogens is 413 g/mol. The van der Waals surface area contributed by atoms with E-state index in [9.17, 15) is 22.8 Å². The van der Waals surface area contributed by atoms with Crippen molar-refractivity contribution in [2.45, 2.75) is 19.6 Å². The highest BCUT2D eigenvalue weighted by molar-refractivity contribution is 5.93. The average molecular weight is 436 g/mol. The fraction of sp³-hybridized carbons (Fsp3) is 0.364. The number of ether oxygens (including phenoxy) is 1. The van der Waals surface area contributed by atoms with Gasteiger partial charge in [-0.15, -0.1) is 0 Å². The van der Waals surface area contributed by atoms with Crippen LogP contribution in [0.4, 0.5) is 13.2 Å². The first kappa shape index (κ1) is 22.6. The summed E-state index contributed by atoms with van der Waals surface area (Å²) in [7, 11) is 1.28. The molecule has 1 aliphatic heterocycles. The van der Waals surface area contributed by atoms with Crippen LogP contribution in [0.5, 0.6) is 0 Å². The molecule has 2 aromatic rings. The number of hydrogen-bond acceptors (Lipinski definition) is 5. The Kier molecular flexibility index (Phi) is 6.84. The van der Waals surface area contributed by atoms with Crippen molar-refractivity contribution < 1.29 is 31.9 Å². The van der Waals surface area contributed by atoms with Gasteiger partial charge in [0.05, 0.1) is 12.7 Å². The van der Waals surface area contributed by atoms with E-state index >= 15 is 0 Å². The maximum atomic E-state index is 12.9. The molecule has 1 aliphatic rings. The molecular formula is C22H23F3N2O4. The van der Waals surface area contributed by atoms with Crippen LogP contribution in [0.3, 0.4) is 0 Å². The summed E-state index contributed by atoms with van der Waals surface area (Å²) in [5, 5.41) is 0. The molecule has 1 aromatic carbocycles. The molecule has 3 rings (SSSR count). The molecule has 0 aliphatic carbocycles. The fourth-order valence-electron chi connectivity index (χ4n) is 3.39. The van der Waals surface area contributed by atoms with E-state index in [0.29, 0.717) is 55.4 Å². The van der Waals surface area contributed by atoms with Gasteiger partial charge in [-0.3, -0.25) is 9.69 Å². The Bertz CT molecular complexity index is 973. The minimum Gasteiger partial charge on any atom is -0.465 e. The van der Waals surface area contributed by atoms with Gasteiger partial charge in [0, 0.05) is 38.8 Å². The maximum absolute atomic E-state index is 12.9. The minimum atomic E-state index is -4.36. The standard InChI is InChI=1S/C22H23F3N2O4/c1-15-19(21(29)30-2)13-18(31-15)6-7-20(28)27-10-8-26(9-11-27)14-16-4-3-5-17(12-16)22(23,24)25/h3-7,12-13H,8-11,14H2,1-2H3. The monoisotopic (exact) mass is 436 g/mol. The quantitative estimate of drug-likeness (QED) is 0.528. The van der Waals surface area contributed by atoms with Gasteiger partial charge in [-0.1, -0.05) is 18.2 Å². The van der Waals surface area contributed by atoms with E-state index in [1.165, 1.54) is 31.4 Å². The van der Waals surface area contributed by atoms with Crippen molar-refractivity contribution in [2.24, 2.45) is 0 Å². The second kappa shape index (κ2) is 9.38. The van der Waals surface area contributed by atoms with E-state index in [2.05, 4.69) is 4.74 Å². The molecule has 0 unspecified atom stereocenters. The minimum absolute atomic E-state index is 0.201. The number of furan rings is 1. The van der Waals surface area contributed by atoms with Crippen molar-refractivity contribution in [3.63, 3.8) is 0 Å². The summed E-state index contributed by atoms with van der Waals surface area (Å²) in [4.78, 5) is 27.7. The Hall–Kier alpha value is -3.07. The lowest BCUT2D eigenvalue weighted by atomic mass is 10.1. The van der Waals surface area contributed by atoms with Crippen LogP contribution in [-0.2, 0) is 22.3 Å². The van der Waals surface area contributed by atoms with Gasteiger partial charge in [0.2, 0.25) is 5.91 Å². The number of halogens is 3. The van der Waals surface area contributed by atoms with Crippen LogP contribution < -0.4 is 0 Å². The molecule has 0 radical (unpaired) electrons. The number of benzene rings is 1. The number of aryl methyl sites for hydroxylation is 1. The SMILES string of the molecule is COC(=O)c1cc(C=CC(=O)N2CCN(Cc3cccc(C(F)(F)F)c3)CC2)oc1C. The van der Waals surface area contributed by atoms with Crippen molar-refractivity contribution in [2.75, 3.05) is 33.3 Å². The Morgan fingerprint density at radius 2 is 1.87 bits per heavy atom. The Morgan fingerprint density at radius 1 is 1.16 bits per heavy atom. The van der Waals surface area contributed by atoms with E-state index in [-0.39, 0.29) is 5.91 Å². The summed E-state index contributed by atoms with van der Waals surface area (Å²) >= 11 is 0. The summed E-state index contributed by atoms with van der Waals surface area (Å²) in [5.74, 6) is 0.0631. The zero-order valence-electron chi connectivity index (χ0n) is 17.2. The fourth-order valence-corrected chi connectivity index (χ4v) is 3.39. The predicted molar refractivity (Wildman–Crippen MR) is 107 cm³/mol. The molecule has 0 atom stereocenters. The first-order valence-electron chi connectivity index (χ1n) is 9.71. The second-order valence-electron chi connectivity index (χ2n) is 7.24. The zero-order valence-corrected chi connectivity index (χ0v) is 17.2. The lowest BCUT2D eigenvalue weighted by molar-refractivity contribution is -0.137. The summed E-state index contributed by atoms with van der Waals surface area (Å²) < 4.78 is 48.7. The number of alkyl halides is 3. The van der Waals surface area contributed by atoms with Gasteiger partial charge < -0.3 is 14.1 Å². The molecule has 31 heavy (non-hydrogen) atoms. The molecule has 1 amide bonds. The third-order valence-corrected chi connectivity index (χ3v) is 5.08. The van der Waals surface area contributed by atoms with Gasteiger partial charge in [0.15, 0.2) is 0 Å². The number of esters is 1. The van der Waals surface area contributed by atoms with Crippen LogP contribution in [0.25, 0.3) is 6.08 Å². The molecule has 0 saturated carbocycles. The highest BCUT2D eigenvalue weighted by atomic mass is 19.4. The van der Waals surface area contributed by atoms with Crippen LogP contribution in [0.1, 0.15) is 33.0 Å². The molecule has 9 heteroatoms. The van der Waals surface area contributed by atoms with E-state index in [4.69, 9.17) is 4.42 Å². The second-order valence-corrected chi connectivity index (χ2v) is 7.24. The number of carbonyl (C=O) groups excluding carboxylic acids is 2. The Balaban J connectivity index is 1.53. The normalized spacial score (nSPS) is 15.5. The molecule has 0 spiro atoms. The summed E-state index contributed by atoms with van der Waals surface area (Å²) in [6, 6.07) is 6.81. The van der Waals surface area contributed by atoms with Gasteiger partial charge >= 0.3 is 12.1 Å². The number of amides is 1. The highest BCUT2D eigenvalue weighted by Crippen LogP contribution is 2.29.